The molecule has 0 aliphatic heterocycles. The molecule has 0 unspecified atom stereocenters. The van der Waals surface area contributed by atoms with Gasteiger partial charge in [-0.2, -0.15) is 0 Å². The van der Waals surface area contributed by atoms with E-state index in [9.17, 15) is 4.79 Å². The molecule has 18 heavy (non-hydrogen) atoms. The highest BCUT2D eigenvalue weighted by atomic mass is 16.5. The predicted octanol–water partition coefficient (Wildman–Crippen LogP) is 1.61. The minimum absolute atomic E-state index is 0.0280. The Morgan fingerprint density at radius 2 is 2.17 bits per heavy atom. The Morgan fingerprint density at radius 1 is 1.39 bits per heavy atom. The molecule has 4 heteroatoms. The van der Waals surface area contributed by atoms with Crippen molar-refractivity contribution in [1.29, 1.82) is 0 Å². The number of benzene rings is 1. The van der Waals surface area contributed by atoms with Gasteiger partial charge >= 0.3 is 0 Å². The van der Waals surface area contributed by atoms with Gasteiger partial charge in [0.1, 0.15) is 5.75 Å². The van der Waals surface area contributed by atoms with Gasteiger partial charge in [-0.3, -0.25) is 4.79 Å². The summed E-state index contributed by atoms with van der Waals surface area (Å²) in [6, 6.07) is 5.80. The molecule has 2 N–H and O–H groups in total. The second-order valence-corrected chi connectivity index (χ2v) is 4.29. The van der Waals surface area contributed by atoms with Crippen molar-refractivity contribution in [2.75, 3.05) is 20.7 Å². The minimum Gasteiger partial charge on any atom is -0.495 e. The molecule has 4 nitrogen and oxygen atoms in total. The Labute approximate surface area is 106 Å². The van der Waals surface area contributed by atoms with Gasteiger partial charge in [-0.25, -0.2) is 0 Å². The molecule has 0 amide bonds. The lowest BCUT2D eigenvalue weighted by molar-refractivity contribution is 0.419. The van der Waals surface area contributed by atoms with Crippen LogP contribution in [0.15, 0.2) is 23.0 Å². The number of para-hydroxylation sites is 1. The first-order valence-electron chi connectivity index (χ1n) is 6.02. The second kappa shape index (κ2) is 5.23. The maximum atomic E-state index is 12.1. The predicted molar refractivity (Wildman–Crippen MR) is 73.5 cm³/mol. The molecule has 0 atom stereocenters. The molecule has 1 aromatic carbocycles. The number of nitrogens with one attached hydrogen (secondary N) is 2. The average molecular weight is 246 g/mol. The van der Waals surface area contributed by atoms with Crippen LogP contribution in [0.25, 0.3) is 10.9 Å². The quantitative estimate of drug-likeness (QED) is 0.861. The first kappa shape index (κ1) is 12.6. The van der Waals surface area contributed by atoms with E-state index in [1.165, 1.54) is 0 Å². The van der Waals surface area contributed by atoms with Gasteiger partial charge < -0.3 is 15.0 Å². The van der Waals surface area contributed by atoms with Crippen molar-refractivity contribution >= 4 is 10.9 Å². The van der Waals surface area contributed by atoms with Crippen LogP contribution < -0.4 is 15.6 Å². The van der Waals surface area contributed by atoms with E-state index >= 15 is 0 Å². The standard InChI is InChI=1S/C14H18N2O2/c1-9-10-5-4-6-12(18-3)13(10)16-14(17)11(9)7-8-15-2/h4-6,15H,7-8H2,1-3H3,(H,16,17). The Balaban J connectivity index is 2.67. The Morgan fingerprint density at radius 3 is 2.83 bits per heavy atom. The van der Waals surface area contributed by atoms with Crippen LogP contribution in [0.5, 0.6) is 5.75 Å². The number of aromatic nitrogens is 1. The number of ether oxygens (including phenoxy) is 1. The number of pyridine rings is 1. The van der Waals surface area contributed by atoms with Crippen molar-refractivity contribution in [2.45, 2.75) is 13.3 Å². The molecular formula is C14H18N2O2. The normalized spacial score (nSPS) is 10.8. The summed E-state index contributed by atoms with van der Waals surface area (Å²) in [5.41, 5.74) is 2.61. The van der Waals surface area contributed by atoms with Crippen molar-refractivity contribution in [2.24, 2.45) is 0 Å². The van der Waals surface area contributed by atoms with E-state index in [0.717, 1.165) is 35.0 Å². The van der Waals surface area contributed by atoms with E-state index < -0.39 is 0 Å². The van der Waals surface area contributed by atoms with Crippen LogP contribution in [-0.4, -0.2) is 25.7 Å². The van der Waals surface area contributed by atoms with Crippen LogP contribution in [0.1, 0.15) is 11.1 Å². The molecule has 0 bridgehead atoms. The fraction of sp³-hybridized carbons (Fsp3) is 0.357. The van der Waals surface area contributed by atoms with Crippen LogP contribution in [0.3, 0.4) is 0 Å². The number of methoxy groups -OCH3 is 1. The van der Waals surface area contributed by atoms with Crippen LogP contribution in [0.2, 0.25) is 0 Å². The topological polar surface area (TPSA) is 54.1 Å². The van der Waals surface area contributed by atoms with E-state index in [-0.39, 0.29) is 5.56 Å². The van der Waals surface area contributed by atoms with Gasteiger partial charge in [-0.1, -0.05) is 12.1 Å². The Hall–Kier alpha value is -1.81. The van der Waals surface area contributed by atoms with Gasteiger partial charge in [-0.05, 0) is 38.6 Å². The number of fused-ring (bicyclic) bond motifs is 1. The molecule has 2 aromatic rings. The summed E-state index contributed by atoms with van der Waals surface area (Å²) in [6.07, 6.45) is 0.727. The number of likely N-dealkylation sites (N-methyl/N-ethyl adjacent to an activating group) is 1. The van der Waals surface area contributed by atoms with Gasteiger partial charge in [0.15, 0.2) is 0 Å². The van der Waals surface area contributed by atoms with Crippen LogP contribution in [-0.2, 0) is 6.42 Å². The number of H-pyrrole nitrogens is 1. The monoisotopic (exact) mass is 246 g/mol. The molecule has 96 valence electrons. The number of aromatic amines is 1. The third kappa shape index (κ3) is 2.11. The van der Waals surface area contributed by atoms with Gasteiger partial charge in [0.25, 0.3) is 5.56 Å². The zero-order chi connectivity index (χ0) is 13.1. The lowest BCUT2D eigenvalue weighted by atomic mass is 10.0. The van der Waals surface area contributed by atoms with Crippen molar-refractivity contribution in [3.05, 3.63) is 39.7 Å². The summed E-state index contributed by atoms with van der Waals surface area (Å²) in [6.45, 7) is 2.78. The van der Waals surface area contributed by atoms with Crippen molar-refractivity contribution in [3.63, 3.8) is 0 Å². The first-order chi connectivity index (χ1) is 8.69. The highest BCUT2D eigenvalue weighted by Crippen LogP contribution is 2.25. The molecule has 0 fully saturated rings. The van der Waals surface area contributed by atoms with E-state index in [4.69, 9.17) is 4.74 Å². The van der Waals surface area contributed by atoms with Crippen molar-refractivity contribution < 1.29 is 4.74 Å². The lowest BCUT2D eigenvalue weighted by Crippen LogP contribution is -2.20. The summed E-state index contributed by atoms with van der Waals surface area (Å²) in [7, 11) is 3.49. The van der Waals surface area contributed by atoms with Gasteiger partial charge in [0.2, 0.25) is 0 Å². The average Bonchev–Trinajstić information content (AvgIpc) is 2.38. The molecule has 0 spiro atoms. The molecular weight excluding hydrogens is 228 g/mol. The van der Waals surface area contributed by atoms with Crippen LogP contribution >= 0.6 is 0 Å². The number of hydrogen-bond donors (Lipinski definition) is 2. The molecule has 1 heterocycles. The van der Waals surface area contributed by atoms with Crippen molar-refractivity contribution in [1.82, 2.24) is 10.3 Å². The SMILES string of the molecule is CNCCc1c(C)c2cccc(OC)c2[nH]c1=O. The Bertz CT molecular complexity index is 617. The summed E-state index contributed by atoms with van der Waals surface area (Å²) in [5, 5.41) is 4.11. The lowest BCUT2D eigenvalue weighted by Gasteiger charge is -2.11. The maximum Gasteiger partial charge on any atom is 0.252 e. The van der Waals surface area contributed by atoms with Crippen LogP contribution in [0.4, 0.5) is 0 Å². The molecule has 1 aromatic heterocycles. The van der Waals surface area contributed by atoms with E-state index in [1.54, 1.807) is 7.11 Å². The number of aryl methyl sites for hydroxylation is 1. The second-order valence-electron chi connectivity index (χ2n) is 4.29. The fourth-order valence-corrected chi connectivity index (χ4v) is 2.22. The highest BCUT2D eigenvalue weighted by Gasteiger charge is 2.11. The third-order valence-electron chi connectivity index (χ3n) is 3.24. The number of rotatable bonds is 4. The minimum atomic E-state index is -0.0280. The zero-order valence-electron chi connectivity index (χ0n) is 11.0. The van der Waals surface area contributed by atoms with E-state index in [0.29, 0.717) is 5.75 Å². The smallest absolute Gasteiger partial charge is 0.252 e. The van der Waals surface area contributed by atoms with Crippen molar-refractivity contribution in [3.8, 4) is 5.75 Å². The van der Waals surface area contributed by atoms with E-state index in [1.807, 2.05) is 32.2 Å². The highest BCUT2D eigenvalue weighted by molar-refractivity contribution is 5.87. The molecule has 0 radical (unpaired) electrons. The molecule has 2 rings (SSSR count). The van der Waals surface area contributed by atoms with Gasteiger partial charge in [0, 0.05) is 10.9 Å². The van der Waals surface area contributed by atoms with Crippen LogP contribution in [0, 0.1) is 6.92 Å². The summed E-state index contributed by atoms with van der Waals surface area (Å²) < 4.78 is 5.28. The molecule has 0 aliphatic rings. The first-order valence-corrected chi connectivity index (χ1v) is 6.02. The fourth-order valence-electron chi connectivity index (χ4n) is 2.22. The maximum absolute atomic E-state index is 12.1. The molecule has 0 saturated heterocycles. The summed E-state index contributed by atoms with van der Waals surface area (Å²) in [4.78, 5) is 15.0. The van der Waals surface area contributed by atoms with Gasteiger partial charge in [0.05, 0.1) is 12.6 Å². The summed E-state index contributed by atoms with van der Waals surface area (Å²) in [5.74, 6) is 0.702. The molecule has 0 aliphatic carbocycles. The number of hydrogen-bond acceptors (Lipinski definition) is 3. The summed E-state index contributed by atoms with van der Waals surface area (Å²) >= 11 is 0. The third-order valence-corrected chi connectivity index (χ3v) is 3.24. The molecule has 0 saturated carbocycles. The largest absolute Gasteiger partial charge is 0.495 e. The van der Waals surface area contributed by atoms with E-state index in [2.05, 4.69) is 10.3 Å². The van der Waals surface area contributed by atoms with Gasteiger partial charge in [-0.15, -0.1) is 0 Å². The Kier molecular flexibility index (Phi) is 3.67. The zero-order valence-corrected chi connectivity index (χ0v) is 11.0.